The predicted molar refractivity (Wildman–Crippen MR) is 133 cm³/mol. The summed E-state index contributed by atoms with van der Waals surface area (Å²) in [6.45, 7) is 0. The summed E-state index contributed by atoms with van der Waals surface area (Å²) in [4.78, 5) is 0. The minimum atomic E-state index is 0.492. The molecule has 1 heteroatoms. The molecule has 4 aromatic rings. The maximum atomic E-state index is 3.51. The van der Waals surface area contributed by atoms with Gasteiger partial charge in [0, 0.05) is 17.3 Å². The summed E-state index contributed by atoms with van der Waals surface area (Å²) >= 11 is 0. The van der Waals surface area contributed by atoms with Crippen molar-refractivity contribution < 1.29 is 0 Å². The van der Waals surface area contributed by atoms with Gasteiger partial charge in [-0.25, -0.2) is 0 Å². The number of rotatable bonds is 5. The van der Waals surface area contributed by atoms with Crippen molar-refractivity contribution in [1.82, 2.24) is 0 Å². The zero-order valence-corrected chi connectivity index (χ0v) is 17.4. The molecular formula is C30H25N. The van der Waals surface area contributed by atoms with Crippen LogP contribution in [0, 0.1) is 0 Å². The largest absolute Gasteiger partial charge is 0.356 e. The maximum Gasteiger partial charge on any atom is 0.0384 e. The third-order valence-electron chi connectivity index (χ3n) is 5.82. The highest BCUT2D eigenvalue weighted by Gasteiger charge is 2.08. The van der Waals surface area contributed by atoms with Crippen LogP contribution in [-0.2, 0) is 0 Å². The molecule has 0 radical (unpaired) electrons. The molecule has 1 atom stereocenters. The van der Waals surface area contributed by atoms with Crippen molar-refractivity contribution in [3.05, 3.63) is 133 Å². The Balaban J connectivity index is 1.26. The minimum absolute atomic E-state index is 0.492. The van der Waals surface area contributed by atoms with Gasteiger partial charge in [0.1, 0.15) is 0 Å². The molecule has 1 aliphatic carbocycles. The molecule has 0 bridgehead atoms. The lowest BCUT2D eigenvalue weighted by Gasteiger charge is -2.14. The van der Waals surface area contributed by atoms with Crippen molar-refractivity contribution in [3.8, 4) is 22.3 Å². The summed E-state index contributed by atoms with van der Waals surface area (Å²) in [5.74, 6) is 0.492. The lowest BCUT2D eigenvalue weighted by molar-refractivity contribution is 0.854. The molecule has 1 unspecified atom stereocenters. The van der Waals surface area contributed by atoms with Crippen molar-refractivity contribution in [2.45, 2.75) is 12.3 Å². The Morgan fingerprint density at radius 2 is 1.03 bits per heavy atom. The Kier molecular flexibility index (Phi) is 5.49. The Morgan fingerprint density at radius 1 is 0.516 bits per heavy atom. The fraction of sp³-hybridized carbons (Fsp3) is 0.0667. The van der Waals surface area contributed by atoms with E-state index < -0.39 is 0 Å². The average Bonchev–Trinajstić information content (AvgIpc) is 2.86. The third kappa shape index (κ3) is 4.51. The zero-order chi connectivity index (χ0) is 20.9. The Labute approximate surface area is 184 Å². The summed E-state index contributed by atoms with van der Waals surface area (Å²) in [5.41, 5.74) is 8.50. The highest BCUT2D eigenvalue weighted by atomic mass is 14.9. The normalized spacial score (nSPS) is 15.0. The van der Waals surface area contributed by atoms with E-state index in [0.29, 0.717) is 5.92 Å². The van der Waals surface area contributed by atoms with E-state index in [4.69, 9.17) is 0 Å². The first-order valence-corrected chi connectivity index (χ1v) is 10.8. The maximum absolute atomic E-state index is 3.51. The third-order valence-corrected chi connectivity index (χ3v) is 5.82. The molecule has 150 valence electrons. The summed E-state index contributed by atoms with van der Waals surface area (Å²) < 4.78 is 0. The highest BCUT2D eigenvalue weighted by molar-refractivity contribution is 5.72. The predicted octanol–water partition coefficient (Wildman–Crippen LogP) is 8.36. The van der Waals surface area contributed by atoms with Gasteiger partial charge in [0.2, 0.25) is 0 Å². The molecule has 0 saturated heterocycles. The molecule has 5 rings (SSSR count). The summed E-state index contributed by atoms with van der Waals surface area (Å²) in [7, 11) is 0. The monoisotopic (exact) mass is 399 g/mol. The van der Waals surface area contributed by atoms with E-state index in [1.54, 1.807) is 0 Å². The molecule has 0 fully saturated rings. The Hall–Kier alpha value is -3.84. The van der Waals surface area contributed by atoms with Crippen molar-refractivity contribution in [3.63, 3.8) is 0 Å². The van der Waals surface area contributed by atoms with Gasteiger partial charge in [0.15, 0.2) is 0 Å². The number of allylic oxidation sites excluding steroid dienone is 4. The topological polar surface area (TPSA) is 12.0 Å². The molecule has 0 aromatic heterocycles. The van der Waals surface area contributed by atoms with E-state index in [0.717, 1.165) is 17.8 Å². The Morgan fingerprint density at radius 3 is 1.58 bits per heavy atom. The van der Waals surface area contributed by atoms with Crippen LogP contribution in [0.2, 0.25) is 0 Å². The van der Waals surface area contributed by atoms with Gasteiger partial charge in [-0.15, -0.1) is 0 Å². The molecule has 0 amide bonds. The highest BCUT2D eigenvalue weighted by Crippen LogP contribution is 2.28. The smallest absolute Gasteiger partial charge is 0.0384 e. The van der Waals surface area contributed by atoms with Gasteiger partial charge in [0.25, 0.3) is 0 Å². The van der Waals surface area contributed by atoms with E-state index in [9.17, 15) is 0 Å². The average molecular weight is 400 g/mol. The lowest BCUT2D eigenvalue weighted by Crippen LogP contribution is -1.97. The van der Waals surface area contributed by atoms with Gasteiger partial charge in [0.05, 0.1) is 0 Å². The van der Waals surface area contributed by atoms with Gasteiger partial charge in [-0.05, 0) is 58.5 Å². The molecule has 0 heterocycles. The number of nitrogens with one attached hydrogen (secondary N) is 1. The SMILES string of the molecule is C1=CCC(c2ccc(Nc3ccc(-c4ccc(-c5ccccc5)cc4)cc3)cc2)C=C1. The van der Waals surface area contributed by atoms with Gasteiger partial charge >= 0.3 is 0 Å². The van der Waals surface area contributed by atoms with Crippen molar-refractivity contribution in [2.75, 3.05) is 5.32 Å². The summed E-state index contributed by atoms with van der Waals surface area (Å²) in [6, 6.07) is 36.7. The molecule has 1 nitrogen and oxygen atoms in total. The lowest BCUT2D eigenvalue weighted by atomic mass is 9.92. The van der Waals surface area contributed by atoms with Crippen LogP contribution < -0.4 is 5.32 Å². The van der Waals surface area contributed by atoms with Gasteiger partial charge in [-0.2, -0.15) is 0 Å². The first-order valence-electron chi connectivity index (χ1n) is 10.8. The van der Waals surface area contributed by atoms with Crippen LogP contribution in [0.4, 0.5) is 11.4 Å². The molecule has 4 aromatic carbocycles. The number of anilines is 2. The Bertz CT molecular complexity index is 1180. The molecule has 31 heavy (non-hydrogen) atoms. The second-order valence-corrected chi connectivity index (χ2v) is 7.92. The number of hydrogen-bond acceptors (Lipinski definition) is 1. The molecule has 1 N–H and O–H groups in total. The van der Waals surface area contributed by atoms with Crippen LogP contribution in [0.15, 0.2) is 127 Å². The van der Waals surface area contributed by atoms with Crippen molar-refractivity contribution in [2.24, 2.45) is 0 Å². The van der Waals surface area contributed by atoms with Crippen LogP contribution in [0.5, 0.6) is 0 Å². The minimum Gasteiger partial charge on any atom is -0.356 e. The van der Waals surface area contributed by atoms with Crippen LogP contribution in [0.25, 0.3) is 22.3 Å². The molecule has 0 spiro atoms. The van der Waals surface area contributed by atoms with Crippen LogP contribution >= 0.6 is 0 Å². The second kappa shape index (κ2) is 8.89. The van der Waals surface area contributed by atoms with Gasteiger partial charge < -0.3 is 5.32 Å². The fourth-order valence-electron chi connectivity index (χ4n) is 4.04. The van der Waals surface area contributed by atoms with E-state index >= 15 is 0 Å². The molecule has 1 aliphatic rings. The number of benzene rings is 4. The van der Waals surface area contributed by atoms with Crippen LogP contribution in [-0.4, -0.2) is 0 Å². The first-order chi connectivity index (χ1) is 15.3. The second-order valence-electron chi connectivity index (χ2n) is 7.92. The van der Waals surface area contributed by atoms with E-state index in [2.05, 4.69) is 127 Å². The quantitative estimate of drug-likeness (QED) is 0.355. The summed E-state index contributed by atoms with van der Waals surface area (Å²) in [5, 5.41) is 3.51. The molecular weight excluding hydrogens is 374 g/mol. The molecule has 0 aliphatic heterocycles. The van der Waals surface area contributed by atoms with E-state index in [1.165, 1.54) is 27.8 Å². The van der Waals surface area contributed by atoms with E-state index in [1.807, 2.05) is 6.07 Å². The van der Waals surface area contributed by atoms with Gasteiger partial charge in [-0.3, -0.25) is 0 Å². The zero-order valence-electron chi connectivity index (χ0n) is 17.4. The van der Waals surface area contributed by atoms with Crippen molar-refractivity contribution >= 4 is 11.4 Å². The van der Waals surface area contributed by atoms with Crippen molar-refractivity contribution in [1.29, 1.82) is 0 Å². The summed E-state index contributed by atoms with van der Waals surface area (Å²) in [6.07, 6.45) is 9.84. The fourth-order valence-corrected chi connectivity index (χ4v) is 4.04. The van der Waals surface area contributed by atoms with Crippen LogP contribution in [0.3, 0.4) is 0 Å². The van der Waals surface area contributed by atoms with Crippen LogP contribution in [0.1, 0.15) is 17.9 Å². The van der Waals surface area contributed by atoms with Gasteiger partial charge in [-0.1, -0.05) is 103 Å². The number of hydrogen-bond donors (Lipinski definition) is 1. The first kappa shape index (κ1) is 19.1. The standard InChI is InChI=1S/C30H25N/c1-3-7-23(8-4-1)25-11-13-26(14-12-25)28-17-21-30(22-18-28)31-29-19-15-27(16-20-29)24-9-5-2-6-10-24/h1-9,11-22,24,31H,10H2. The van der Waals surface area contributed by atoms with E-state index in [-0.39, 0.29) is 0 Å². The molecule has 0 saturated carbocycles.